The van der Waals surface area contributed by atoms with E-state index in [1.165, 1.54) is 12.1 Å². The molecule has 0 bridgehead atoms. The number of ether oxygens (including phenoxy) is 1. The maximum absolute atomic E-state index is 12.4. The van der Waals surface area contributed by atoms with E-state index in [2.05, 4.69) is 0 Å². The van der Waals surface area contributed by atoms with Gasteiger partial charge in [0.1, 0.15) is 5.75 Å². The van der Waals surface area contributed by atoms with Crippen LogP contribution in [-0.4, -0.2) is 55.8 Å². The lowest BCUT2D eigenvalue weighted by Gasteiger charge is -2.20. The van der Waals surface area contributed by atoms with Gasteiger partial charge in [-0.3, -0.25) is 0 Å². The highest BCUT2D eigenvalue weighted by Gasteiger charge is 2.23. The van der Waals surface area contributed by atoms with Crippen molar-refractivity contribution < 1.29 is 23.4 Å². The van der Waals surface area contributed by atoms with Crippen LogP contribution in [0.25, 0.3) is 0 Å². The van der Waals surface area contributed by atoms with E-state index in [1.54, 1.807) is 12.1 Å². The normalized spacial score (nSPS) is 12.1. The standard InChI is InChI=1S/C14H23NO5S/c1-12(2)11-20-13-3-5-14(6-4-13)21(18,19)15(7-9-16)8-10-17/h3-6,12,16-17H,7-11H2,1-2H3. The number of nitrogens with zero attached hydrogens (tertiary/aromatic N) is 1. The Labute approximate surface area is 126 Å². The molecule has 0 spiro atoms. The number of aliphatic hydroxyl groups is 2. The van der Waals surface area contributed by atoms with Crippen LogP contribution in [0.3, 0.4) is 0 Å². The summed E-state index contributed by atoms with van der Waals surface area (Å²) < 4.78 is 31.3. The van der Waals surface area contributed by atoms with Crippen LogP contribution < -0.4 is 4.74 Å². The first kappa shape index (κ1) is 17.9. The topological polar surface area (TPSA) is 87.1 Å². The van der Waals surface area contributed by atoms with Crippen molar-refractivity contribution in [1.82, 2.24) is 4.31 Å². The molecule has 0 amide bonds. The van der Waals surface area contributed by atoms with Gasteiger partial charge in [0, 0.05) is 13.1 Å². The Bertz CT molecular complexity index is 507. The van der Waals surface area contributed by atoms with E-state index in [0.717, 1.165) is 4.31 Å². The summed E-state index contributed by atoms with van der Waals surface area (Å²) in [4.78, 5) is 0.112. The second-order valence-electron chi connectivity index (χ2n) is 5.03. The molecule has 2 N–H and O–H groups in total. The summed E-state index contributed by atoms with van der Waals surface area (Å²) in [6.07, 6.45) is 0. The average molecular weight is 317 g/mol. The molecule has 0 unspecified atom stereocenters. The second-order valence-corrected chi connectivity index (χ2v) is 6.97. The van der Waals surface area contributed by atoms with Crippen molar-refractivity contribution in [2.45, 2.75) is 18.7 Å². The quantitative estimate of drug-likeness (QED) is 0.700. The van der Waals surface area contributed by atoms with Crippen LogP contribution in [-0.2, 0) is 10.0 Å². The predicted octanol–water partition coefficient (Wildman–Crippen LogP) is 0.697. The van der Waals surface area contributed by atoms with E-state index in [0.29, 0.717) is 18.3 Å². The molecule has 0 aliphatic rings. The Balaban J connectivity index is 2.87. The van der Waals surface area contributed by atoms with E-state index < -0.39 is 10.0 Å². The lowest BCUT2D eigenvalue weighted by molar-refractivity contribution is 0.217. The maximum atomic E-state index is 12.4. The first-order chi connectivity index (χ1) is 9.91. The van der Waals surface area contributed by atoms with Crippen LogP contribution in [0.4, 0.5) is 0 Å². The predicted molar refractivity (Wildman–Crippen MR) is 79.7 cm³/mol. The molecule has 1 aromatic carbocycles. The summed E-state index contributed by atoms with van der Waals surface area (Å²) in [6, 6.07) is 6.14. The first-order valence-electron chi connectivity index (χ1n) is 6.86. The summed E-state index contributed by atoms with van der Waals surface area (Å²) in [5, 5.41) is 17.9. The van der Waals surface area contributed by atoms with Gasteiger partial charge < -0.3 is 14.9 Å². The smallest absolute Gasteiger partial charge is 0.243 e. The highest BCUT2D eigenvalue weighted by atomic mass is 32.2. The number of aliphatic hydroxyl groups excluding tert-OH is 2. The average Bonchev–Trinajstić information content (AvgIpc) is 2.45. The van der Waals surface area contributed by atoms with Crippen LogP contribution in [0.15, 0.2) is 29.2 Å². The molecule has 6 nitrogen and oxygen atoms in total. The molecular weight excluding hydrogens is 294 g/mol. The maximum Gasteiger partial charge on any atom is 0.243 e. The third-order valence-corrected chi connectivity index (χ3v) is 4.66. The van der Waals surface area contributed by atoms with Crippen LogP contribution in [0.2, 0.25) is 0 Å². The number of hydrogen-bond donors (Lipinski definition) is 2. The Morgan fingerprint density at radius 1 is 1.10 bits per heavy atom. The zero-order valence-corrected chi connectivity index (χ0v) is 13.2. The molecule has 0 aliphatic carbocycles. The van der Waals surface area contributed by atoms with Crippen molar-refractivity contribution in [2.75, 3.05) is 32.9 Å². The largest absolute Gasteiger partial charge is 0.493 e. The van der Waals surface area contributed by atoms with Crippen molar-refractivity contribution in [3.63, 3.8) is 0 Å². The van der Waals surface area contributed by atoms with E-state index in [4.69, 9.17) is 14.9 Å². The molecule has 0 heterocycles. The Morgan fingerprint density at radius 3 is 2.05 bits per heavy atom. The monoisotopic (exact) mass is 317 g/mol. The fourth-order valence-corrected chi connectivity index (χ4v) is 3.12. The zero-order valence-electron chi connectivity index (χ0n) is 12.4. The fourth-order valence-electron chi connectivity index (χ4n) is 1.70. The SMILES string of the molecule is CC(C)COc1ccc(S(=O)(=O)N(CCO)CCO)cc1. The molecule has 0 saturated heterocycles. The molecule has 0 aromatic heterocycles. The van der Waals surface area contributed by atoms with E-state index in [1.807, 2.05) is 13.8 Å². The van der Waals surface area contributed by atoms with Crippen LogP contribution in [0, 0.1) is 5.92 Å². The van der Waals surface area contributed by atoms with Gasteiger partial charge in [-0.15, -0.1) is 0 Å². The number of benzene rings is 1. The summed E-state index contributed by atoms with van der Waals surface area (Å²) in [5.41, 5.74) is 0. The Morgan fingerprint density at radius 2 is 1.62 bits per heavy atom. The van der Waals surface area contributed by atoms with Gasteiger partial charge in [0.2, 0.25) is 10.0 Å². The van der Waals surface area contributed by atoms with Crippen molar-refractivity contribution in [2.24, 2.45) is 5.92 Å². The van der Waals surface area contributed by atoms with Crippen molar-refractivity contribution in [3.8, 4) is 5.75 Å². The van der Waals surface area contributed by atoms with Gasteiger partial charge in [-0.2, -0.15) is 4.31 Å². The number of sulfonamides is 1. The van der Waals surface area contributed by atoms with Crippen molar-refractivity contribution >= 4 is 10.0 Å². The van der Waals surface area contributed by atoms with Gasteiger partial charge in [0.15, 0.2) is 0 Å². The zero-order chi connectivity index (χ0) is 15.9. The Hall–Kier alpha value is -1.15. The van der Waals surface area contributed by atoms with Gasteiger partial charge in [-0.25, -0.2) is 8.42 Å². The lowest BCUT2D eigenvalue weighted by atomic mass is 10.2. The highest BCUT2D eigenvalue weighted by Crippen LogP contribution is 2.19. The van der Waals surface area contributed by atoms with E-state index >= 15 is 0 Å². The molecule has 1 aromatic rings. The van der Waals surface area contributed by atoms with Gasteiger partial charge >= 0.3 is 0 Å². The third-order valence-electron chi connectivity index (χ3n) is 2.74. The molecule has 0 saturated carbocycles. The minimum atomic E-state index is -3.72. The molecular formula is C14H23NO5S. The molecule has 0 aliphatic heterocycles. The van der Waals surface area contributed by atoms with Crippen LogP contribution in [0.5, 0.6) is 5.75 Å². The van der Waals surface area contributed by atoms with Crippen molar-refractivity contribution in [3.05, 3.63) is 24.3 Å². The highest BCUT2D eigenvalue weighted by molar-refractivity contribution is 7.89. The molecule has 0 fully saturated rings. The minimum absolute atomic E-state index is 0.0471. The minimum Gasteiger partial charge on any atom is -0.493 e. The third kappa shape index (κ3) is 5.28. The first-order valence-corrected chi connectivity index (χ1v) is 8.30. The summed E-state index contributed by atoms with van der Waals surface area (Å²) >= 11 is 0. The second kappa shape index (κ2) is 8.33. The Kier molecular flexibility index (Phi) is 7.10. The molecule has 7 heteroatoms. The number of hydrogen-bond acceptors (Lipinski definition) is 5. The van der Waals surface area contributed by atoms with Crippen LogP contribution in [0.1, 0.15) is 13.8 Å². The molecule has 0 atom stereocenters. The van der Waals surface area contributed by atoms with E-state index in [-0.39, 0.29) is 31.2 Å². The molecule has 0 radical (unpaired) electrons. The van der Waals surface area contributed by atoms with E-state index in [9.17, 15) is 8.42 Å². The summed E-state index contributed by atoms with van der Waals surface area (Å²) in [7, 11) is -3.72. The number of rotatable bonds is 9. The summed E-state index contributed by atoms with van der Waals surface area (Å²) in [5.74, 6) is 0.997. The molecule has 21 heavy (non-hydrogen) atoms. The summed E-state index contributed by atoms with van der Waals surface area (Å²) in [6.45, 7) is 3.93. The fraction of sp³-hybridized carbons (Fsp3) is 0.571. The van der Waals surface area contributed by atoms with Gasteiger partial charge in [0.05, 0.1) is 24.7 Å². The van der Waals surface area contributed by atoms with Crippen molar-refractivity contribution in [1.29, 1.82) is 0 Å². The van der Waals surface area contributed by atoms with Gasteiger partial charge in [-0.1, -0.05) is 13.8 Å². The van der Waals surface area contributed by atoms with Gasteiger partial charge in [-0.05, 0) is 30.2 Å². The van der Waals surface area contributed by atoms with Crippen LogP contribution >= 0.6 is 0 Å². The molecule has 1 rings (SSSR count). The molecule has 120 valence electrons. The van der Waals surface area contributed by atoms with Gasteiger partial charge in [0.25, 0.3) is 0 Å². The lowest BCUT2D eigenvalue weighted by Crippen LogP contribution is -2.35.